The zero-order valence-corrected chi connectivity index (χ0v) is 13.6. The van der Waals surface area contributed by atoms with Gasteiger partial charge in [0.15, 0.2) is 0 Å². The summed E-state index contributed by atoms with van der Waals surface area (Å²) in [4.78, 5) is 22.8. The molecule has 7 heteroatoms. The molecule has 0 atom stereocenters. The predicted molar refractivity (Wildman–Crippen MR) is 90.7 cm³/mol. The molecule has 126 valence electrons. The van der Waals surface area contributed by atoms with E-state index in [0.717, 1.165) is 18.9 Å². The van der Waals surface area contributed by atoms with Crippen molar-refractivity contribution in [3.05, 3.63) is 42.2 Å². The van der Waals surface area contributed by atoms with Crippen molar-refractivity contribution in [2.24, 2.45) is 0 Å². The Morgan fingerprint density at radius 3 is 2.88 bits per heavy atom. The van der Waals surface area contributed by atoms with Crippen LogP contribution in [0.15, 0.2) is 36.7 Å². The lowest BCUT2D eigenvalue weighted by Gasteiger charge is -2.27. The van der Waals surface area contributed by atoms with Crippen LogP contribution in [0.1, 0.15) is 17.3 Å². The van der Waals surface area contributed by atoms with Gasteiger partial charge in [0.25, 0.3) is 0 Å². The smallest absolute Gasteiger partial charge is 0.340 e. The molecular formula is C17H20N4O3. The van der Waals surface area contributed by atoms with Gasteiger partial charge < -0.3 is 19.7 Å². The summed E-state index contributed by atoms with van der Waals surface area (Å²) in [6.07, 6.45) is 1.51. The number of hydrogen-bond donors (Lipinski definition) is 1. The SMILES string of the molecule is CCOC(=O)c1ccccc1Nc1cc(N2CCOCC2)ncn1. The van der Waals surface area contributed by atoms with Gasteiger partial charge in [-0.3, -0.25) is 0 Å². The topological polar surface area (TPSA) is 76.6 Å². The quantitative estimate of drug-likeness (QED) is 0.843. The number of ether oxygens (including phenoxy) is 2. The normalized spacial score (nSPS) is 14.3. The third kappa shape index (κ3) is 3.80. The van der Waals surface area contributed by atoms with E-state index in [1.54, 1.807) is 19.1 Å². The van der Waals surface area contributed by atoms with E-state index in [-0.39, 0.29) is 5.97 Å². The number of aromatic nitrogens is 2. The van der Waals surface area contributed by atoms with Crippen molar-refractivity contribution in [1.82, 2.24) is 9.97 Å². The number of hydrogen-bond acceptors (Lipinski definition) is 7. The first-order valence-electron chi connectivity index (χ1n) is 7.96. The van der Waals surface area contributed by atoms with Crippen LogP contribution in [0, 0.1) is 0 Å². The molecule has 1 aromatic heterocycles. The second-order valence-electron chi connectivity index (χ2n) is 5.25. The standard InChI is InChI=1S/C17H20N4O3/c1-2-24-17(22)13-5-3-4-6-14(13)20-15-11-16(19-12-18-15)21-7-9-23-10-8-21/h3-6,11-12H,2,7-10H2,1H3,(H,18,19,20). The highest BCUT2D eigenvalue weighted by atomic mass is 16.5. The molecular weight excluding hydrogens is 308 g/mol. The van der Waals surface area contributed by atoms with Crippen molar-refractivity contribution >= 4 is 23.3 Å². The van der Waals surface area contributed by atoms with Crippen LogP contribution in [0.25, 0.3) is 0 Å². The lowest BCUT2D eigenvalue weighted by molar-refractivity contribution is 0.0527. The maximum Gasteiger partial charge on any atom is 0.340 e. The Kier molecular flexibility index (Phi) is 5.22. The Morgan fingerprint density at radius 2 is 2.08 bits per heavy atom. The highest BCUT2D eigenvalue weighted by Crippen LogP contribution is 2.22. The van der Waals surface area contributed by atoms with Gasteiger partial charge in [0.2, 0.25) is 0 Å². The summed E-state index contributed by atoms with van der Waals surface area (Å²) < 4.78 is 10.5. The summed E-state index contributed by atoms with van der Waals surface area (Å²) in [5.74, 6) is 1.11. The van der Waals surface area contributed by atoms with Crippen molar-refractivity contribution in [1.29, 1.82) is 0 Å². The predicted octanol–water partition coefficient (Wildman–Crippen LogP) is 2.23. The molecule has 7 nitrogen and oxygen atoms in total. The van der Waals surface area contributed by atoms with E-state index in [0.29, 0.717) is 36.9 Å². The number of rotatable bonds is 5. The summed E-state index contributed by atoms with van der Waals surface area (Å²) in [7, 11) is 0. The highest BCUT2D eigenvalue weighted by Gasteiger charge is 2.15. The van der Waals surface area contributed by atoms with E-state index in [1.807, 2.05) is 18.2 Å². The molecule has 1 aliphatic rings. The molecule has 0 unspecified atom stereocenters. The highest BCUT2D eigenvalue weighted by molar-refractivity contribution is 5.96. The molecule has 1 N–H and O–H groups in total. The van der Waals surface area contributed by atoms with Gasteiger partial charge in [0.1, 0.15) is 18.0 Å². The number of nitrogens with one attached hydrogen (secondary N) is 1. The Labute approximate surface area is 140 Å². The van der Waals surface area contributed by atoms with Gasteiger partial charge >= 0.3 is 5.97 Å². The molecule has 0 radical (unpaired) electrons. The lowest BCUT2D eigenvalue weighted by atomic mass is 10.2. The number of carbonyl (C=O) groups excluding carboxylic acids is 1. The number of anilines is 3. The number of nitrogens with zero attached hydrogens (tertiary/aromatic N) is 3. The lowest BCUT2D eigenvalue weighted by Crippen LogP contribution is -2.36. The summed E-state index contributed by atoms with van der Waals surface area (Å²) >= 11 is 0. The Bertz CT molecular complexity index is 702. The third-order valence-electron chi connectivity index (χ3n) is 3.67. The molecule has 2 aromatic rings. The summed E-state index contributed by atoms with van der Waals surface area (Å²) in [5.41, 5.74) is 1.13. The van der Waals surface area contributed by atoms with E-state index in [1.165, 1.54) is 6.33 Å². The average Bonchev–Trinajstić information content (AvgIpc) is 2.63. The van der Waals surface area contributed by atoms with Crippen LogP contribution < -0.4 is 10.2 Å². The first kappa shape index (κ1) is 16.2. The van der Waals surface area contributed by atoms with Gasteiger partial charge in [0, 0.05) is 19.2 Å². The fourth-order valence-electron chi connectivity index (χ4n) is 2.50. The second kappa shape index (κ2) is 7.74. The van der Waals surface area contributed by atoms with E-state index < -0.39 is 0 Å². The van der Waals surface area contributed by atoms with E-state index >= 15 is 0 Å². The number of esters is 1. The van der Waals surface area contributed by atoms with Crippen LogP contribution in [-0.4, -0.2) is 48.8 Å². The van der Waals surface area contributed by atoms with Gasteiger partial charge in [-0.15, -0.1) is 0 Å². The Morgan fingerprint density at radius 1 is 1.29 bits per heavy atom. The van der Waals surface area contributed by atoms with Gasteiger partial charge in [-0.2, -0.15) is 0 Å². The van der Waals surface area contributed by atoms with Crippen LogP contribution in [-0.2, 0) is 9.47 Å². The Hall–Kier alpha value is -2.67. The molecule has 0 amide bonds. The molecule has 0 saturated carbocycles. The van der Waals surface area contributed by atoms with Gasteiger partial charge in [-0.05, 0) is 19.1 Å². The third-order valence-corrected chi connectivity index (χ3v) is 3.67. The summed E-state index contributed by atoms with van der Waals surface area (Å²) in [5, 5.41) is 3.18. The summed E-state index contributed by atoms with van der Waals surface area (Å²) in [6, 6.07) is 9.08. The molecule has 1 aromatic carbocycles. The molecule has 1 saturated heterocycles. The van der Waals surface area contributed by atoms with Gasteiger partial charge in [0.05, 0.1) is 31.1 Å². The fraction of sp³-hybridized carbons (Fsp3) is 0.353. The fourth-order valence-corrected chi connectivity index (χ4v) is 2.50. The minimum absolute atomic E-state index is 0.335. The number of morpholine rings is 1. The van der Waals surface area contributed by atoms with Crippen molar-refractivity contribution in [3.8, 4) is 0 Å². The van der Waals surface area contributed by atoms with Crippen molar-refractivity contribution < 1.29 is 14.3 Å². The van der Waals surface area contributed by atoms with Crippen LogP contribution in [0.3, 0.4) is 0 Å². The van der Waals surface area contributed by atoms with Gasteiger partial charge in [-0.25, -0.2) is 14.8 Å². The van der Waals surface area contributed by atoms with Crippen LogP contribution in [0.2, 0.25) is 0 Å². The molecule has 3 rings (SSSR count). The van der Waals surface area contributed by atoms with Crippen molar-refractivity contribution in [2.75, 3.05) is 43.1 Å². The second-order valence-corrected chi connectivity index (χ2v) is 5.25. The monoisotopic (exact) mass is 328 g/mol. The molecule has 1 fully saturated rings. The maximum atomic E-state index is 12.1. The number of carbonyl (C=O) groups is 1. The average molecular weight is 328 g/mol. The van der Waals surface area contributed by atoms with Crippen LogP contribution in [0.5, 0.6) is 0 Å². The molecule has 0 spiro atoms. The van der Waals surface area contributed by atoms with Crippen LogP contribution >= 0.6 is 0 Å². The zero-order valence-electron chi connectivity index (χ0n) is 13.6. The molecule has 0 bridgehead atoms. The molecule has 0 aliphatic carbocycles. The van der Waals surface area contributed by atoms with E-state index in [4.69, 9.17) is 9.47 Å². The first-order chi connectivity index (χ1) is 11.8. The zero-order chi connectivity index (χ0) is 16.8. The van der Waals surface area contributed by atoms with Crippen molar-refractivity contribution in [3.63, 3.8) is 0 Å². The maximum absolute atomic E-state index is 12.1. The van der Waals surface area contributed by atoms with Crippen molar-refractivity contribution in [2.45, 2.75) is 6.92 Å². The summed E-state index contributed by atoms with van der Waals surface area (Å²) in [6.45, 7) is 5.11. The minimum Gasteiger partial charge on any atom is -0.462 e. The van der Waals surface area contributed by atoms with E-state index in [9.17, 15) is 4.79 Å². The molecule has 2 heterocycles. The number of benzene rings is 1. The molecule has 24 heavy (non-hydrogen) atoms. The Balaban J connectivity index is 1.80. The first-order valence-corrected chi connectivity index (χ1v) is 7.96. The van der Waals surface area contributed by atoms with E-state index in [2.05, 4.69) is 20.2 Å². The van der Waals surface area contributed by atoms with Crippen LogP contribution in [0.4, 0.5) is 17.3 Å². The van der Waals surface area contributed by atoms with Gasteiger partial charge in [-0.1, -0.05) is 12.1 Å². The minimum atomic E-state index is -0.358. The number of para-hydroxylation sites is 1. The molecule has 1 aliphatic heterocycles. The largest absolute Gasteiger partial charge is 0.462 e.